The number of ether oxygens (including phenoxy) is 1. The Morgan fingerprint density at radius 2 is 1.81 bits per heavy atom. The predicted octanol–water partition coefficient (Wildman–Crippen LogP) is 7.22. The lowest BCUT2D eigenvalue weighted by molar-refractivity contribution is 0.0384. The van der Waals surface area contributed by atoms with Crippen LogP contribution >= 0.6 is 11.3 Å². The highest BCUT2D eigenvalue weighted by Crippen LogP contribution is 2.37. The molecule has 0 saturated carbocycles. The van der Waals surface area contributed by atoms with Gasteiger partial charge in [0.05, 0.1) is 6.10 Å². The first-order valence-corrected chi connectivity index (χ1v) is 13.1. The van der Waals surface area contributed by atoms with Crippen LogP contribution in [-0.2, 0) is 17.6 Å². The van der Waals surface area contributed by atoms with Crippen LogP contribution in [0.2, 0.25) is 0 Å². The molecule has 1 N–H and O–H groups in total. The van der Waals surface area contributed by atoms with E-state index in [9.17, 15) is 4.79 Å². The zero-order chi connectivity index (χ0) is 22.8. The number of aryl methyl sites for hydroxylation is 2. The second-order valence-corrected chi connectivity index (χ2v) is 10.3. The predicted molar refractivity (Wildman–Crippen MR) is 134 cm³/mol. The number of thiophene rings is 1. The number of hydrogen-bond donors (Lipinski definition) is 1. The van der Waals surface area contributed by atoms with Crippen LogP contribution in [0.5, 0.6) is 0 Å². The fraction of sp³-hybridized carbons (Fsp3) is 0.536. The molecule has 174 valence electrons. The molecule has 3 rings (SSSR count). The van der Waals surface area contributed by atoms with Gasteiger partial charge in [-0.3, -0.25) is 0 Å². The summed E-state index contributed by atoms with van der Waals surface area (Å²) >= 11 is 1.57. The average molecular weight is 455 g/mol. The molecular weight excluding hydrogens is 416 g/mol. The SMILES string of the molecule is CC(C)OC(=O)c1ccc(CCC[C@H]2CCC=C2c2ccc(CCCCCCO)cc2)s1. The van der Waals surface area contributed by atoms with E-state index in [-0.39, 0.29) is 12.1 Å². The zero-order valence-electron chi connectivity index (χ0n) is 19.6. The van der Waals surface area contributed by atoms with Gasteiger partial charge in [0.1, 0.15) is 4.88 Å². The van der Waals surface area contributed by atoms with Crippen LogP contribution in [0.1, 0.15) is 90.9 Å². The van der Waals surface area contributed by atoms with Gasteiger partial charge in [-0.2, -0.15) is 0 Å². The van der Waals surface area contributed by atoms with Gasteiger partial charge < -0.3 is 9.84 Å². The molecule has 0 unspecified atom stereocenters. The summed E-state index contributed by atoms with van der Waals surface area (Å²) in [5, 5.41) is 8.88. The van der Waals surface area contributed by atoms with Crippen LogP contribution in [0.15, 0.2) is 42.5 Å². The molecule has 0 bridgehead atoms. The Morgan fingerprint density at radius 1 is 1.03 bits per heavy atom. The molecule has 1 aliphatic rings. The number of carbonyl (C=O) groups is 1. The van der Waals surface area contributed by atoms with Gasteiger partial charge in [-0.15, -0.1) is 11.3 Å². The number of esters is 1. The summed E-state index contributed by atoms with van der Waals surface area (Å²) in [5.41, 5.74) is 4.32. The largest absolute Gasteiger partial charge is 0.459 e. The number of hydrogen-bond acceptors (Lipinski definition) is 4. The van der Waals surface area contributed by atoms with E-state index in [1.165, 1.54) is 53.7 Å². The number of carbonyl (C=O) groups excluding carboxylic acids is 1. The van der Waals surface area contributed by atoms with Gasteiger partial charge in [-0.05, 0) is 100.0 Å². The summed E-state index contributed by atoms with van der Waals surface area (Å²) in [6.07, 6.45) is 13.7. The average Bonchev–Trinajstić information content (AvgIpc) is 3.44. The highest BCUT2D eigenvalue weighted by atomic mass is 32.1. The minimum atomic E-state index is -0.203. The smallest absolute Gasteiger partial charge is 0.348 e. The van der Waals surface area contributed by atoms with Crippen LogP contribution in [-0.4, -0.2) is 23.8 Å². The number of allylic oxidation sites excluding steroid dienone is 2. The molecule has 4 heteroatoms. The Balaban J connectivity index is 1.45. The molecule has 0 aliphatic heterocycles. The Kier molecular flexibility index (Phi) is 10.0. The van der Waals surface area contributed by atoms with Crippen molar-refractivity contribution in [2.24, 2.45) is 5.92 Å². The lowest BCUT2D eigenvalue weighted by Crippen LogP contribution is -2.09. The van der Waals surface area contributed by atoms with Crippen molar-refractivity contribution in [3.05, 3.63) is 63.4 Å². The minimum Gasteiger partial charge on any atom is -0.459 e. The third kappa shape index (κ3) is 7.60. The number of unbranched alkanes of at least 4 members (excludes halogenated alkanes) is 3. The molecule has 1 aliphatic carbocycles. The standard InChI is InChI=1S/C28H38O3S/c1-21(2)31-28(30)27-19-18-25(32-27)12-7-10-23-11-8-13-26(23)24-16-14-22(15-17-24)9-5-3-4-6-20-29/h13-19,21,23,29H,3-12,20H2,1-2H3/t23-/m0/s1. The van der Waals surface area contributed by atoms with E-state index < -0.39 is 0 Å². The van der Waals surface area contributed by atoms with Crippen molar-refractivity contribution in [2.75, 3.05) is 6.61 Å². The summed E-state index contributed by atoms with van der Waals surface area (Å²) in [7, 11) is 0. The van der Waals surface area contributed by atoms with Gasteiger partial charge >= 0.3 is 5.97 Å². The quantitative estimate of drug-likeness (QED) is 0.257. The van der Waals surface area contributed by atoms with Gasteiger partial charge in [0.25, 0.3) is 0 Å². The van der Waals surface area contributed by atoms with E-state index >= 15 is 0 Å². The van der Waals surface area contributed by atoms with Crippen LogP contribution in [0.3, 0.4) is 0 Å². The normalized spacial score (nSPS) is 15.9. The molecule has 1 heterocycles. The van der Waals surface area contributed by atoms with Crippen LogP contribution < -0.4 is 0 Å². The van der Waals surface area contributed by atoms with Crippen molar-refractivity contribution in [3.8, 4) is 0 Å². The summed E-state index contributed by atoms with van der Waals surface area (Å²) in [5.74, 6) is 0.440. The summed E-state index contributed by atoms with van der Waals surface area (Å²) in [6, 6.07) is 13.2. The van der Waals surface area contributed by atoms with Crippen molar-refractivity contribution in [1.82, 2.24) is 0 Å². The fourth-order valence-electron chi connectivity index (χ4n) is 4.49. The first-order chi connectivity index (χ1) is 15.6. The molecule has 0 radical (unpaired) electrons. The highest BCUT2D eigenvalue weighted by molar-refractivity contribution is 7.13. The molecule has 0 fully saturated rings. The van der Waals surface area contributed by atoms with Crippen molar-refractivity contribution in [1.29, 1.82) is 0 Å². The van der Waals surface area contributed by atoms with Gasteiger partial charge in [-0.1, -0.05) is 43.2 Å². The lowest BCUT2D eigenvalue weighted by atomic mass is 9.90. The molecular formula is C28H38O3S. The van der Waals surface area contributed by atoms with Crippen molar-refractivity contribution in [3.63, 3.8) is 0 Å². The molecule has 1 aromatic carbocycles. The third-order valence-corrected chi connectivity index (χ3v) is 7.29. The molecule has 0 saturated heterocycles. The third-order valence-electron chi connectivity index (χ3n) is 6.16. The Labute approximate surface area is 197 Å². The van der Waals surface area contributed by atoms with Crippen LogP contribution in [0, 0.1) is 5.92 Å². The Hall–Kier alpha value is -1.91. The Bertz CT molecular complexity index is 863. The maximum atomic E-state index is 12.0. The first kappa shape index (κ1) is 24.7. The number of rotatable bonds is 13. The van der Waals surface area contributed by atoms with E-state index in [4.69, 9.17) is 9.84 Å². The summed E-state index contributed by atoms with van der Waals surface area (Å²) < 4.78 is 5.30. The summed E-state index contributed by atoms with van der Waals surface area (Å²) in [6.45, 7) is 4.08. The minimum absolute atomic E-state index is 0.0773. The van der Waals surface area contributed by atoms with E-state index in [0.717, 1.165) is 32.1 Å². The van der Waals surface area contributed by atoms with Gasteiger partial charge in [0.15, 0.2) is 0 Å². The van der Waals surface area contributed by atoms with Gasteiger partial charge in [-0.25, -0.2) is 4.79 Å². The van der Waals surface area contributed by atoms with Crippen LogP contribution in [0.25, 0.3) is 5.57 Å². The lowest BCUT2D eigenvalue weighted by Gasteiger charge is -2.15. The maximum absolute atomic E-state index is 12.0. The number of aliphatic hydroxyl groups is 1. The second-order valence-electron chi connectivity index (χ2n) is 9.13. The van der Waals surface area contributed by atoms with E-state index in [0.29, 0.717) is 17.4 Å². The molecule has 3 nitrogen and oxygen atoms in total. The van der Waals surface area contributed by atoms with Crippen LogP contribution in [0.4, 0.5) is 0 Å². The fourth-order valence-corrected chi connectivity index (χ4v) is 5.42. The number of benzene rings is 1. The maximum Gasteiger partial charge on any atom is 0.348 e. The van der Waals surface area contributed by atoms with E-state index in [2.05, 4.69) is 36.4 Å². The van der Waals surface area contributed by atoms with E-state index in [1.807, 2.05) is 19.9 Å². The van der Waals surface area contributed by atoms with Crippen molar-refractivity contribution >= 4 is 22.9 Å². The van der Waals surface area contributed by atoms with Gasteiger partial charge in [0, 0.05) is 11.5 Å². The molecule has 32 heavy (non-hydrogen) atoms. The molecule has 1 atom stereocenters. The molecule has 0 spiro atoms. The Morgan fingerprint density at radius 3 is 2.56 bits per heavy atom. The van der Waals surface area contributed by atoms with Gasteiger partial charge in [0.2, 0.25) is 0 Å². The molecule has 1 aromatic heterocycles. The summed E-state index contributed by atoms with van der Waals surface area (Å²) in [4.78, 5) is 14.0. The zero-order valence-corrected chi connectivity index (χ0v) is 20.5. The first-order valence-electron chi connectivity index (χ1n) is 12.3. The second kappa shape index (κ2) is 13.0. The topological polar surface area (TPSA) is 46.5 Å². The molecule has 2 aromatic rings. The van der Waals surface area contributed by atoms with Crippen molar-refractivity contribution < 1.29 is 14.6 Å². The van der Waals surface area contributed by atoms with E-state index in [1.54, 1.807) is 11.3 Å². The number of aliphatic hydroxyl groups excluding tert-OH is 1. The monoisotopic (exact) mass is 454 g/mol. The highest BCUT2D eigenvalue weighted by Gasteiger charge is 2.20. The van der Waals surface area contributed by atoms with Crippen molar-refractivity contribution in [2.45, 2.75) is 84.2 Å². The molecule has 0 amide bonds.